The van der Waals surface area contributed by atoms with Crippen molar-refractivity contribution in [2.24, 2.45) is 4.99 Å². The summed E-state index contributed by atoms with van der Waals surface area (Å²) < 4.78 is 15.4. The third kappa shape index (κ3) is 4.43. The van der Waals surface area contributed by atoms with Crippen LogP contribution in [0, 0.1) is 0 Å². The number of hydrogen-bond acceptors (Lipinski definition) is 5. The van der Waals surface area contributed by atoms with Crippen molar-refractivity contribution in [3.8, 4) is 5.69 Å². The molecule has 0 radical (unpaired) electrons. The fourth-order valence-electron chi connectivity index (χ4n) is 8.18. The monoisotopic (exact) mass is 660 g/mol. The second-order valence-corrected chi connectivity index (χ2v) is 13.5. The summed E-state index contributed by atoms with van der Waals surface area (Å²) in [5.41, 5.74) is 10.4. The second-order valence-electron chi connectivity index (χ2n) is 13.5. The molecule has 0 fully saturated rings. The largest absolute Gasteiger partial charge is 0.460 e. The first-order valence-corrected chi connectivity index (χ1v) is 17.6. The molecule has 2 unspecified atom stereocenters. The Balaban J connectivity index is 1.10. The van der Waals surface area contributed by atoms with Crippen LogP contribution in [-0.2, 0) is 6.42 Å². The molecule has 2 N–H and O–H groups in total. The topological polar surface area (TPSA) is 67.6 Å². The number of nitrogens with one attached hydrogen (secondary N) is 2. The number of fused-ring (bicyclic) bond motifs is 9. The smallest absolute Gasteiger partial charge is 0.137 e. The molecular weight excluding hydrogens is 629 g/mol. The Kier molecular flexibility index (Phi) is 6.18. The zero-order valence-corrected chi connectivity index (χ0v) is 27.6. The maximum absolute atomic E-state index is 6.54. The molecule has 11 rings (SSSR count). The van der Waals surface area contributed by atoms with Crippen LogP contribution in [0.15, 0.2) is 153 Å². The third-order valence-electron chi connectivity index (χ3n) is 10.5. The number of rotatable bonds is 4. The van der Waals surface area contributed by atoms with Gasteiger partial charge in [-0.1, -0.05) is 103 Å². The SMILES string of the molecule is C1=Cc2c(oc3cc4c(cc23)c2ccccc2n4-c2ccc3oc4cccc(C5NC(c6ccccc6)=NC(c6ccccc6)N5)c4c3c2)CC1. The second kappa shape index (κ2) is 11.1. The van der Waals surface area contributed by atoms with E-state index < -0.39 is 0 Å². The first-order valence-electron chi connectivity index (χ1n) is 17.6. The molecule has 244 valence electrons. The van der Waals surface area contributed by atoms with Crippen LogP contribution in [0.3, 0.4) is 0 Å². The third-order valence-corrected chi connectivity index (χ3v) is 10.5. The van der Waals surface area contributed by atoms with E-state index in [0.29, 0.717) is 0 Å². The van der Waals surface area contributed by atoms with Crippen LogP contribution < -0.4 is 10.6 Å². The van der Waals surface area contributed by atoms with Crippen LogP contribution in [0.4, 0.5) is 0 Å². The lowest BCUT2D eigenvalue weighted by molar-refractivity contribution is 0.411. The van der Waals surface area contributed by atoms with Crippen molar-refractivity contribution in [3.63, 3.8) is 0 Å². The van der Waals surface area contributed by atoms with Crippen molar-refractivity contribution in [2.45, 2.75) is 25.2 Å². The Labute approximate surface area is 293 Å². The van der Waals surface area contributed by atoms with Crippen molar-refractivity contribution in [2.75, 3.05) is 0 Å². The Morgan fingerprint density at radius 2 is 1.49 bits per heavy atom. The molecule has 6 aromatic carbocycles. The van der Waals surface area contributed by atoms with Gasteiger partial charge in [0, 0.05) is 61.8 Å². The maximum Gasteiger partial charge on any atom is 0.137 e. The highest BCUT2D eigenvalue weighted by Crippen LogP contribution is 2.41. The number of aromatic nitrogens is 1. The summed E-state index contributed by atoms with van der Waals surface area (Å²) >= 11 is 0. The number of amidine groups is 1. The maximum atomic E-state index is 6.54. The minimum absolute atomic E-state index is 0.225. The lowest BCUT2D eigenvalue weighted by Crippen LogP contribution is -2.45. The van der Waals surface area contributed by atoms with E-state index in [-0.39, 0.29) is 12.3 Å². The van der Waals surface area contributed by atoms with Gasteiger partial charge in [0.15, 0.2) is 0 Å². The predicted octanol–water partition coefficient (Wildman–Crippen LogP) is 10.7. The summed E-state index contributed by atoms with van der Waals surface area (Å²) in [7, 11) is 0. The summed E-state index contributed by atoms with van der Waals surface area (Å²) in [6.07, 6.45) is 5.97. The predicted molar refractivity (Wildman–Crippen MR) is 206 cm³/mol. The molecule has 6 nitrogen and oxygen atoms in total. The van der Waals surface area contributed by atoms with Crippen molar-refractivity contribution < 1.29 is 8.83 Å². The van der Waals surface area contributed by atoms with Crippen molar-refractivity contribution in [1.29, 1.82) is 0 Å². The van der Waals surface area contributed by atoms with E-state index in [1.165, 1.54) is 21.7 Å². The van der Waals surface area contributed by atoms with E-state index in [1.54, 1.807) is 0 Å². The zero-order valence-electron chi connectivity index (χ0n) is 27.6. The molecule has 3 aromatic heterocycles. The number of aryl methyl sites for hydroxylation is 1. The lowest BCUT2D eigenvalue weighted by atomic mass is 10.0. The first kappa shape index (κ1) is 28.5. The Morgan fingerprint density at radius 3 is 2.39 bits per heavy atom. The van der Waals surface area contributed by atoms with Crippen LogP contribution in [0.1, 0.15) is 46.8 Å². The fraction of sp³-hybridized carbons (Fsp3) is 0.0889. The fourth-order valence-corrected chi connectivity index (χ4v) is 8.18. The number of hydrogen-bond donors (Lipinski definition) is 2. The standard InChI is InChI=1S/C45H32N4O2/c1-3-12-27(13-4-1)43-46-44(28-14-5-2-6-15-28)48-45(47-43)32-18-11-21-40-42(32)35-24-29(22-23-39(35)50-40)49-36-19-9-7-16-30(36)33-25-34-31-17-8-10-20-38(31)51-41(34)26-37(33)49/h1-9,11-19,21-26,43,45,47H,10,20H2,(H,46,48). The number of benzene rings is 6. The minimum Gasteiger partial charge on any atom is -0.460 e. The average Bonchev–Trinajstić information content (AvgIpc) is 3.86. The summed E-state index contributed by atoms with van der Waals surface area (Å²) in [6.45, 7) is 0. The summed E-state index contributed by atoms with van der Waals surface area (Å²) in [4.78, 5) is 5.13. The number of allylic oxidation sites excluding steroid dienone is 1. The molecule has 2 aliphatic rings. The van der Waals surface area contributed by atoms with Crippen molar-refractivity contribution in [1.82, 2.24) is 15.2 Å². The van der Waals surface area contributed by atoms with Gasteiger partial charge in [0.1, 0.15) is 40.7 Å². The molecule has 4 heterocycles. The summed E-state index contributed by atoms with van der Waals surface area (Å²) in [5.74, 6) is 1.93. The number of aliphatic imine (C=N–C) groups is 1. The lowest BCUT2D eigenvalue weighted by Gasteiger charge is -2.32. The normalized spacial score (nSPS) is 17.4. The Hall–Kier alpha value is -6.37. The number of furan rings is 2. The van der Waals surface area contributed by atoms with Gasteiger partial charge in [-0.3, -0.25) is 5.32 Å². The minimum atomic E-state index is -0.228. The van der Waals surface area contributed by atoms with Crippen LogP contribution in [-0.4, -0.2) is 10.4 Å². The van der Waals surface area contributed by atoms with Gasteiger partial charge in [0.05, 0.1) is 11.0 Å². The number of nitrogens with zero attached hydrogens (tertiary/aromatic N) is 2. The van der Waals surface area contributed by atoms with E-state index >= 15 is 0 Å². The molecule has 2 atom stereocenters. The molecule has 0 spiro atoms. The van der Waals surface area contributed by atoms with E-state index in [1.807, 2.05) is 12.1 Å². The molecule has 0 bridgehead atoms. The highest BCUT2D eigenvalue weighted by molar-refractivity contribution is 6.15. The van der Waals surface area contributed by atoms with Gasteiger partial charge < -0.3 is 18.7 Å². The average molecular weight is 661 g/mol. The molecule has 9 aromatic rings. The van der Waals surface area contributed by atoms with Crippen molar-refractivity contribution >= 4 is 66.6 Å². The van der Waals surface area contributed by atoms with E-state index in [2.05, 4.69) is 149 Å². The van der Waals surface area contributed by atoms with Gasteiger partial charge in [-0.25, -0.2) is 4.99 Å². The van der Waals surface area contributed by atoms with Gasteiger partial charge in [0.25, 0.3) is 0 Å². The van der Waals surface area contributed by atoms with Gasteiger partial charge in [-0.15, -0.1) is 0 Å². The van der Waals surface area contributed by atoms with E-state index in [9.17, 15) is 0 Å². The van der Waals surface area contributed by atoms with Crippen LogP contribution in [0.25, 0.3) is 66.5 Å². The van der Waals surface area contributed by atoms with Crippen LogP contribution in [0.5, 0.6) is 0 Å². The highest BCUT2D eigenvalue weighted by Gasteiger charge is 2.28. The van der Waals surface area contributed by atoms with Gasteiger partial charge >= 0.3 is 0 Å². The molecule has 51 heavy (non-hydrogen) atoms. The van der Waals surface area contributed by atoms with Gasteiger partial charge in [0.2, 0.25) is 0 Å². The van der Waals surface area contributed by atoms with Crippen molar-refractivity contribution in [3.05, 3.63) is 168 Å². The Morgan fingerprint density at radius 1 is 0.647 bits per heavy atom. The quantitative estimate of drug-likeness (QED) is 0.197. The van der Waals surface area contributed by atoms with Gasteiger partial charge in [-0.2, -0.15) is 0 Å². The molecule has 1 aliphatic heterocycles. The van der Waals surface area contributed by atoms with E-state index in [0.717, 1.165) is 85.4 Å². The number of para-hydroxylation sites is 1. The van der Waals surface area contributed by atoms with Gasteiger partial charge in [-0.05, 0) is 48.4 Å². The highest BCUT2D eigenvalue weighted by atomic mass is 16.3. The summed E-state index contributed by atoms with van der Waals surface area (Å²) in [5, 5.41) is 13.3. The zero-order chi connectivity index (χ0) is 33.5. The molecule has 0 saturated carbocycles. The molecule has 0 amide bonds. The molecule has 0 saturated heterocycles. The molecule has 1 aliphatic carbocycles. The molecule has 6 heteroatoms. The van der Waals surface area contributed by atoms with Crippen LogP contribution >= 0.6 is 0 Å². The first-order chi connectivity index (χ1) is 25.3. The summed E-state index contributed by atoms with van der Waals surface area (Å²) in [6, 6.07) is 46.9. The Bertz CT molecular complexity index is 2880. The van der Waals surface area contributed by atoms with E-state index in [4.69, 9.17) is 13.8 Å². The molecular formula is C45H32N4O2. The van der Waals surface area contributed by atoms with Crippen LogP contribution in [0.2, 0.25) is 0 Å².